The summed E-state index contributed by atoms with van der Waals surface area (Å²) in [5, 5.41) is 6.50. The maximum absolute atomic E-state index is 5.74. The van der Waals surface area contributed by atoms with Crippen LogP contribution in [0.1, 0.15) is 17.4 Å². The average Bonchev–Trinajstić information content (AvgIpc) is 2.92. The van der Waals surface area contributed by atoms with E-state index < -0.39 is 0 Å². The van der Waals surface area contributed by atoms with E-state index in [2.05, 4.69) is 51.7 Å². The quantitative estimate of drug-likeness (QED) is 0.909. The summed E-state index contributed by atoms with van der Waals surface area (Å²) in [6.45, 7) is 4.65. The number of nitrogens with one attached hydrogen (secondary N) is 1. The number of rotatable bonds is 2. The smallest absolute Gasteiger partial charge is 0.124 e. The molecule has 0 amide bonds. The molecule has 0 spiro atoms. The molecule has 19 heavy (non-hydrogen) atoms. The van der Waals surface area contributed by atoms with E-state index in [4.69, 9.17) is 9.72 Å². The number of hydrogen-bond donors (Lipinski definition) is 1. The van der Waals surface area contributed by atoms with Gasteiger partial charge >= 0.3 is 0 Å². The predicted octanol–water partition coefficient (Wildman–Crippen LogP) is 3.54. The molecule has 2 aromatic rings. The monoisotopic (exact) mass is 338 g/mol. The number of nitrogens with zero attached hydrogens (tertiary/aromatic N) is 1. The second-order valence-corrected chi connectivity index (χ2v) is 6.37. The number of ether oxygens (including phenoxy) is 1. The van der Waals surface area contributed by atoms with E-state index in [1.54, 1.807) is 11.3 Å². The van der Waals surface area contributed by atoms with Crippen molar-refractivity contribution in [3.8, 4) is 10.6 Å². The molecular formula is C14H15BrN2OS. The number of morpholine rings is 1. The molecule has 0 saturated carbocycles. The minimum atomic E-state index is 0.0891. The van der Waals surface area contributed by atoms with E-state index in [0.29, 0.717) is 0 Å². The molecule has 0 bridgehead atoms. The van der Waals surface area contributed by atoms with Gasteiger partial charge in [-0.25, -0.2) is 4.98 Å². The Labute approximate surface area is 125 Å². The minimum absolute atomic E-state index is 0.0891. The number of benzene rings is 1. The summed E-state index contributed by atoms with van der Waals surface area (Å²) in [6.07, 6.45) is 0.0891. The van der Waals surface area contributed by atoms with Crippen LogP contribution in [0, 0.1) is 6.92 Å². The van der Waals surface area contributed by atoms with Crippen LogP contribution in [0.5, 0.6) is 0 Å². The lowest BCUT2D eigenvalue weighted by Gasteiger charge is -2.21. The Morgan fingerprint density at radius 2 is 2.37 bits per heavy atom. The predicted molar refractivity (Wildman–Crippen MR) is 81.5 cm³/mol. The zero-order valence-electron chi connectivity index (χ0n) is 10.6. The number of aromatic nitrogens is 1. The zero-order valence-corrected chi connectivity index (χ0v) is 13.1. The van der Waals surface area contributed by atoms with Gasteiger partial charge in [-0.05, 0) is 24.6 Å². The maximum atomic E-state index is 5.74. The number of halogens is 1. The third kappa shape index (κ3) is 2.89. The lowest BCUT2D eigenvalue weighted by atomic mass is 10.1. The fourth-order valence-corrected chi connectivity index (χ4v) is 3.44. The summed E-state index contributed by atoms with van der Waals surface area (Å²) >= 11 is 5.20. The Morgan fingerprint density at radius 1 is 1.47 bits per heavy atom. The van der Waals surface area contributed by atoms with Crippen LogP contribution in [0.2, 0.25) is 0 Å². The first-order valence-corrected chi connectivity index (χ1v) is 7.95. The second kappa shape index (κ2) is 5.71. The van der Waals surface area contributed by atoms with Gasteiger partial charge in [0.2, 0.25) is 0 Å². The molecular weight excluding hydrogens is 324 g/mol. The van der Waals surface area contributed by atoms with E-state index >= 15 is 0 Å². The van der Waals surface area contributed by atoms with Crippen LogP contribution in [0.15, 0.2) is 28.1 Å². The van der Waals surface area contributed by atoms with Gasteiger partial charge in [-0.2, -0.15) is 0 Å². The van der Waals surface area contributed by atoms with Gasteiger partial charge in [0.15, 0.2) is 0 Å². The molecule has 0 aliphatic carbocycles. The van der Waals surface area contributed by atoms with Gasteiger partial charge < -0.3 is 10.1 Å². The molecule has 2 heterocycles. The van der Waals surface area contributed by atoms with E-state index in [9.17, 15) is 0 Å². The fourth-order valence-electron chi connectivity index (χ4n) is 2.14. The summed E-state index contributed by atoms with van der Waals surface area (Å²) in [4.78, 5) is 4.74. The van der Waals surface area contributed by atoms with E-state index in [0.717, 1.165) is 34.9 Å². The summed E-state index contributed by atoms with van der Waals surface area (Å²) in [6, 6.07) is 6.29. The second-order valence-electron chi connectivity index (χ2n) is 4.60. The molecule has 1 fully saturated rings. The van der Waals surface area contributed by atoms with Crippen molar-refractivity contribution >= 4 is 27.3 Å². The van der Waals surface area contributed by atoms with Crippen molar-refractivity contribution in [3.63, 3.8) is 0 Å². The van der Waals surface area contributed by atoms with Crippen molar-refractivity contribution in [2.24, 2.45) is 0 Å². The molecule has 1 aromatic heterocycles. The van der Waals surface area contributed by atoms with Gasteiger partial charge in [0.25, 0.3) is 0 Å². The fraction of sp³-hybridized carbons (Fsp3) is 0.357. The molecule has 1 aliphatic heterocycles. The first-order chi connectivity index (χ1) is 9.24. The lowest BCUT2D eigenvalue weighted by Crippen LogP contribution is -2.33. The molecule has 1 atom stereocenters. The Balaban J connectivity index is 1.89. The number of aryl methyl sites for hydroxylation is 1. The number of hydrogen-bond acceptors (Lipinski definition) is 4. The standard InChI is InChI=1S/C14H15BrN2OS/c1-9-2-3-10(15)6-11(9)14-17-12(8-19-14)13-7-16-4-5-18-13/h2-3,6,8,13,16H,4-5,7H2,1H3. The van der Waals surface area contributed by atoms with Crippen LogP contribution in [-0.2, 0) is 4.74 Å². The minimum Gasteiger partial charge on any atom is -0.369 e. The molecule has 1 unspecified atom stereocenters. The van der Waals surface area contributed by atoms with Crippen LogP contribution in [0.4, 0.5) is 0 Å². The highest BCUT2D eigenvalue weighted by Crippen LogP contribution is 2.31. The largest absolute Gasteiger partial charge is 0.369 e. The molecule has 1 aliphatic rings. The van der Waals surface area contributed by atoms with Gasteiger partial charge in [0.05, 0.1) is 12.3 Å². The van der Waals surface area contributed by atoms with Crippen molar-refractivity contribution < 1.29 is 4.74 Å². The molecule has 3 rings (SSSR count). The Morgan fingerprint density at radius 3 is 3.16 bits per heavy atom. The van der Waals surface area contributed by atoms with E-state index in [1.807, 2.05) is 0 Å². The van der Waals surface area contributed by atoms with Crippen LogP contribution in [0.3, 0.4) is 0 Å². The molecule has 1 saturated heterocycles. The Kier molecular flexibility index (Phi) is 3.98. The summed E-state index contributed by atoms with van der Waals surface area (Å²) in [7, 11) is 0. The first-order valence-electron chi connectivity index (χ1n) is 6.28. The average molecular weight is 339 g/mol. The van der Waals surface area contributed by atoms with Crippen LogP contribution >= 0.6 is 27.3 Å². The molecule has 100 valence electrons. The van der Waals surface area contributed by atoms with Crippen LogP contribution in [0.25, 0.3) is 10.6 Å². The highest BCUT2D eigenvalue weighted by Gasteiger charge is 2.19. The van der Waals surface area contributed by atoms with Gasteiger partial charge in [-0.15, -0.1) is 11.3 Å². The molecule has 0 radical (unpaired) electrons. The first kappa shape index (κ1) is 13.2. The third-order valence-electron chi connectivity index (χ3n) is 3.21. The SMILES string of the molecule is Cc1ccc(Br)cc1-c1nc(C2CNCCO2)cs1. The summed E-state index contributed by atoms with van der Waals surface area (Å²) in [5.74, 6) is 0. The van der Waals surface area contributed by atoms with E-state index in [1.165, 1.54) is 11.1 Å². The van der Waals surface area contributed by atoms with Gasteiger partial charge in [0, 0.05) is 28.5 Å². The molecule has 3 nitrogen and oxygen atoms in total. The molecule has 1 N–H and O–H groups in total. The van der Waals surface area contributed by atoms with Gasteiger partial charge in [-0.1, -0.05) is 22.0 Å². The van der Waals surface area contributed by atoms with Crippen molar-refractivity contribution in [2.75, 3.05) is 19.7 Å². The lowest BCUT2D eigenvalue weighted by molar-refractivity contribution is 0.0254. The highest BCUT2D eigenvalue weighted by molar-refractivity contribution is 9.10. The number of thiazole rings is 1. The summed E-state index contributed by atoms with van der Waals surface area (Å²) < 4.78 is 6.82. The normalized spacial score (nSPS) is 19.6. The van der Waals surface area contributed by atoms with Crippen LogP contribution in [-0.4, -0.2) is 24.7 Å². The van der Waals surface area contributed by atoms with Gasteiger partial charge in [0.1, 0.15) is 11.1 Å². The third-order valence-corrected chi connectivity index (χ3v) is 4.60. The van der Waals surface area contributed by atoms with Crippen molar-refractivity contribution in [2.45, 2.75) is 13.0 Å². The Hall–Kier alpha value is -0.750. The molecule has 1 aromatic carbocycles. The van der Waals surface area contributed by atoms with Crippen molar-refractivity contribution in [1.82, 2.24) is 10.3 Å². The highest BCUT2D eigenvalue weighted by atomic mass is 79.9. The zero-order chi connectivity index (χ0) is 13.2. The van der Waals surface area contributed by atoms with E-state index in [-0.39, 0.29) is 6.10 Å². The van der Waals surface area contributed by atoms with Crippen LogP contribution < -0.4 is 5.32 Å². The van der Waals surface area contributed by atoms with Gasteiger partial charge in [-0.3, -0.25) is 0 Å². The van der Waals surface area contributed by atoms with Crippen molar-refractivity contribution in [3.05, 3.63) is 39.3 Å². The topological polar surface area (TPSA) is 34.2 Å². The Bertz CT molecular complexity index is 579. The summed E-state index contributed by atoms with van der Waals surface area (Å²) in [5.41, 5.74) is 3.47. The van der Waals surface area contributed by atoms with Crippen molar-refractivity contribution in [1.29, 1.82) is 0 Å². The molecule has 5 heteroatoms. The maximum Gasteiger partial charge on any atom is 0.124 e.